The van der Waals surface area contributed by atoms with Crippen molar-refractivity contribution >= 4 is 5.97 Å². The molecule has 1 aromatic rings. The molecule has 1 atom stereocenters. The van der Waals surface area contributed by atoms with Crippen LogP contribution in [0.1, 0.15) is 12.5 Å². The second kappa shape index (κ2) is 5.36. The predicted octanol–water partition coefficient (Wildman–Crippen LogP) is 1.42. The van der Waals surface area contributed by atoms with E-state index in [4.69, 9.17) is 14.9 Å². The van der Waals surface area contributed by atoms with Gasteiger partial charge in [-0.1, -0.05) is 12.1 Å². The number of aliphatic carboxylic acids is 1. The van der Waals surface area contributed by atoms with E-state index < -0.39 is 12.1 Å². The fraction of sp³-hybridized carbons (Fsp3) is 0.364. The highest BCUT2D eigenvalue weighted by Gasteiger charge is 2.17. The number of hydrogen-bond acceptors (Lipinski definition) is 3. The average Bonchev–Trinajstić information content (AvgIpc) is 2.20. The fourth-order valence-electron chi connectivity index (χ4n) is 1.26. The normalized spacial score (nSPS) is 12.3. The van der Waals surface area contributed by atoms with Gasteiger partial charge in [-0.05, 0) is 24.6 Å². The molecule has 82 valence electrons. The van der Waals surface area contributed by atoms with Gasteiger partial charge in [-0.3, -0.25) is 0 Å². The first-order valence-corrected chi connectivity index (χ1v) is 4.75. The number of carboxylic acids is 1. The predicted molar refractivity (Wildman–Crippen MR) is 54.9 cm³/mol. The van der Waals surface area contributed by atoms with Gasteiger partial charge in [0.1, 0.15) is 5.75 Å². The number of carbonyl (C=O) groups is 1. The van der Waals surface area contributed by atoms with Crippen molar-refractivity contribution in [2.45, 2.75) is 19.4 Å². The lowest BCUT2D eigenvalue weighted by Gasteiger charge is -2.12. The molecule has 4 nitrogen and oxygen atoms in total. The van der Waals surface area contributed by atoms with E-state index in [-0.39, 0.29) is 5.75 Å². The van der Waals surface area contributed by atoms with Crippen molar-refractivity contribution in [2.75, 3.05) is 6.61 Å². The molecule has 0 aliphatic heterocycles. The van der Waals surface area contributed by atoms with Gasteiger partial charge in [0, 0.05) is 13.0 Å². The van der Waals surface area contributed by atoms with E-state index in [1.807, 2.05) is 0 Å². The van der Waals surface area contributed by atoms with Crippen LogP contribution in [0, 0.1) is 0 Å². The first-order chi connectivity index (χ1) is 7.13. The fourth-order valence-corrected chi connectivity index (χ4v) is 1.26. The summed E-state index contributed by atoms with van der Waals surface area (Å²) in [5, 5.41) is 17.9. The minimum absolute atomic E-state index is 0.169. The van der Waals surface area contributed by atoms with Crippen LogP contribution in [0.15, 0.2) is 24.3 Å². The molecule has 0 amide bonds. The molecular formula is C11H14O4. The molecular weight excluding hydrogens is 196 g/mol. The van der Waals surface area contributed by atoms with E-state index in [1.54, 1.807) is 19.1 Å². The summed E-state index contributed by atoms with van der Waals surface area (Å²) in [5.41, 5.74) is 0.827. The minimum atomic E-state index is -0.968. The van der Waals surface area contributed by atoms with E-state index in [0.29, 0.717) is 13.0 Å². The number of benzene rings is 1. The summed E-state index contributed by atoms with van der Waals surface area (Å²) in [5.74, 6) is -0.799. The molecule has 1 aromatic carbocycles. The summed E-state index contributed by atoms with van der Waals surface area (Å²) < 4.78 is 5.08. The molecule has 0 heterocycles. The Morgan fingerprint density at radius 2 is 2.00 bits per heavy atom. The van der Waals surface area contributed by atoms with Crippen LogP contribution in [0.3, 0.4) is 0 Å². The van der Waals surface area contributed by atoms with Gasteiger partial charge in [-0.15, -0.1) is 0 Å². The van der Waals surface area contributed by atoms with Crippen molar-refractivity contribution < 1.29 is 19.7 Å². The number of hydrogen-bond donors (Lipinski definition) is 2. The van der Waals surface area contributed by atoms with Crippen molar-refractivity contribution in [3.63, 3.8) is 0 Å². The Morgan fingerprint density at radius 3 is 2.47 bits per heavy atom. The Kier molecular flexibility index (Phi) is 4.12. The van der Waals surface area contributed by atoms with Gasteiger partial charge >= 0.3 is 5.97 Å². The Morgan fingerprint density at radius 1 is 1.40 bits per heavy atom. The standard InChI is InChI=1S/C11H14O4/c1-2-15-10(11(13)14)7-8-3-5-9(12)6-4-8/h3-6,10,12H,2,7H2,1H3,(H,13,14). The van der Waals surface area contributed by atoms with Crippen molar-refractivity contribution in [1.82, 2.24) is 0 Å². The molecule has 4 heteroatoms. The zero-order valence-electron chi connectivity index (χ0n) is 8.51. The number of carboxylic acid groups (broad SMARTS) is 1. The smallest absolute Gasteiger partial charge is 0.333 e. The van der Waals surface area contributed by atoms with Gasteiger partial charge in [0.2, 0.25) is 0 Å². The molecule has 0 bridgehead atoms. The summed E-state index contributed by atoms with van der Waals surface area (Å²) in [4.78, 5) is 10.8. The molecule has 0 aliphatic carbocycles. The number of phenolic OH excluding ortho intramolecular Hbond substituents is 1. The maximum atomic E-state index is 10.8. The van der Waals surface area contributed by atoms with Gasteiger partial charge in [0.05, 0.1) is 0 Å². The SMILES string of the molecule is CCOC(Cc1ccc(O)cc1)C(=O)O. The Hall–Kier alpha value is -1.55. The molecule has 2 N–H and O–H groups in total. The van der Waals surface area contributed by atoms with E-state index in [1.165, 1.54) is 12.1 Å². The summed E-state index contributed by atoms with van der Waals surface area (Å²) in [6.45, 7) is 2.13. The number of phenols is 1. The van der Waals surface area contributed by atoms with Crippen LogP contribution >= 0.6 is 0 Å². The Balaban J connectivity index is 2.65. The van der Waals surface area contributed by atoms with E-state index in [2.05, 4.69) is 0 Å². The summed E-state index contributed by atoms with van der Waals surface area (Å²) >= 11 is 0. The summed E-state index contributed by atoms with van der Waals surface area (Å²) in [6.07, 6.45) is -0.511. The highest BCUT2D eigenvalue weighted by atomic mass is 16.5. The van der Waals surface area contributed by atoms with E-state index in [9.17, 15) is 4.79 Å². The van der Waals surface area contributed by atoms with Crippen LogP contribution < -0.4 is 0 Å². The van der Waals surface area contributed by atoms with Gasteiger partial charge in [0.25, 0.3) is 0 Å². The summed E-state index contributed by atoms with van der Waals surface area (Å²) in [6, 6.07) is 6.43. The molecule has 0 saturated heterocycles. The second-order valence-electron chi connectivity index (χ2n) is 3.15. The molecule has 0 aliphatic rings. The average molecular weight is 210 g/mol. The molecule has 0 spiro atoms. The molecule has 1 unspecified atom stereocenters. The first kappa shape index (κ1) is 11.5. The van der Waals surface area contributed by atoms with E-state index >= 15 is 0 Å². The van der Waals surface area contributed by atoms with Crippen LogP contribution in [0.25, 0.3) is 0 Å². The zero-order valence-corrected chi connectivity index (χ0v) is 8.51. The second-order valence-corrected chi connectivity index (χ2v) is 3.15. The molecule has 15 heavy (non-hydrogen) atoms. The highest BCUT2D eigenvalue weighted by molar-refractivity contribution is 5.72. The number of ether oxygens (including phenoxy) is 1. The topological polar surface area (TPSA) is 66.8 Å². The Labute approximate surface area is 88.1 Å². The summed E-state index contributed by atoms with van der Waals surface area (Å²) in [7, 11) is 0. The third kappa shape index (κ3) is 3.59. The number of aromatic hydroxyl groups is 1. The number of rotatable bonds is 5. The third-order valence-electron chi connectivity index (χ3n) is 2.00. The monoisotopic (exact) mass is 210 g/mol. The van der Waals surface area contributed by atoms with Gasteiger partial charge < -0.3 is 14.9 Å². The lowest BCUT2D eigenvalue weighted by atomic mass is 10.1. The third-order valence-corrected chi connectivity index (χ3v) is 2.00. The molecule has 0 saturated carbocycles. The highest BCUT2D eigenvalue weighted by Crippen LogP contribution is 2.12. The maximum absolute atomic E-state index is 10.8. The largest absolute Gasteiger partial charge is 0.508 e. The van der Waals surface area contributed by atoms with Crippen LogP contribution in [0.4, 0.5) is 0 Å². The lowest BCUT2D eigenvalue weighted by Crippen LogP contribution is -2.26. The van der Waals surface area contributed by atoms with Gasteiger partial charge in [-0.2, -0.15) is 0 Å². The van der Waals surface area contributed by atoms with Crippen molar-refractivity contribution in [3.05, 3.63) is 29.8 Å². The Bertz CT molecular complexity index is 318. The lowest BCUT2D eigenvalue weighted by molar-refractivity contribution is -0.149. The molecule has 1 rings (SSSR count). The zero-order chi connectivity index (χ0) is 11.3. The van der Waals surface area contributed by atoms with Crippen molar-refractivity contribution in [3.8, 4) is 5.75 Å². The van der Waals surface area contributed by atoms with Gasteiger partial charge in [-0.25, -0.2) is 4.79 Å². The minimum Gasteiger partial charge on any atom is -0.508 e. The van der Waals surface area contributed by atoms with Crippen LogP contribution in [0.2, 0.25) is 0 Å². The van der Waals surface area contributed by atoms with E-state index in [0.717, 1.165) is 5.56 Å². The first-order valence-electron chi connectivity index (χ1n) is 4.75. The molecule has 0 radical (unpaired) electrons. The molecule has 0 aromatic heterocycles. The maximum Gasteiger partial charge on any atom is 0.333 e. The van der Waals surface area contributed by atoms with Crippen LogP contribution in [0.5, 0.6) is 5.75 Å². The van der Waals surface area contributed by atoms with Crippen molar-refractivity contribution in [1.29, 1.82) is 0 Å². The quantitative estimate of drug-likeness (QED) is 0.771. The van der Waals surface area contributed by atoms with Crippen LogP contribution in [-0.4, -0.2) is 28.9 Å². The molecule has 0 fully saturated rings. The van der Waals surface area contributed by atoms with Gasteiger partial charge in [0.15, 0.2) is 6.10 Å². The van der Waals surface area contributed by atoms with Crippen LogP contribution in [-0.2, 0) is 16.0 Å². The van der Waals surface area contributed by atoms with Crippen molar-refractivity contribution in [2.24, 2.45) is 0 Å².